The molecule has 0 spiro atoms. The lowest BCUT2D eigenvalue weighted by atomic mass is 9.99. The summed E-state index contributed by atoms with van der Waals surface area (Å²) in [7, 11) is -3.39. The predicted molar refractivity (Wildman–Crippen MR) is 93.7 cm³/mol. The van der Waals surface area contributed by atoms with E-state index in [1.54, 1.807) is 24.3 Å². The van der Waals surface area contributed by atoms with Crippen LogP contribution in [-0.2, 0) is 21.4 Å². The largest absolute Gasteiger partial charge is 0.351 e. The van der Waals surface area contributed by atoms with Crippen molar-refractivity contribution in [2.24, 2.45) is 11.7 Å². The fourth-order valence-corrected chi connectivity index (χ4v) is 4.19. The molecule has 24 heavy (non-hydrogen) atoms. The minimum absolute atomic E-state index is 0.123. The molecule has 0 aromatic heterocycles. The number of carbonyl (C=O) groups excluding carboxylic acids is 1. The Morgan fingerprint density at radius 2 is 1.83 bits per heavy atom. The summed E-state index contributed by atoms with van der Waals surface area (Å²) in [6, 6.07) is 6.15. The molecule has 0 aliphatic carbocycles. The Hall–Kier alpha value is -1.44. The van der Waals surface area contributed by atoms with E-state index in [4.69, 9.17) is 5.73 Å². The number of hydrogen-bond acceptors (Lipinski definition) is 4. The van der Waals surface area contributed by atoms with E-state index in [1.165, 1.54) is 4.31 Å². The van der Waals surface area contributed by atoms with Crippen LogP contribution in [0.4, 0.5) is 0 Å². The van der Waals surface area contributed by atoms with Crippen molar-refractivity contribution in [2.75, 3.05) is 13.1 Å². The van der Waals surface area contributed by atoms with Crippen LogP contribution in [-0.4, -0.2) is 37.8 Å². The molecule has 6 nitrogen and oxygen atoms in total. The van der Waals surface area contributed by atoms with Gasteiger partial charge in [-0.2, -0.15) is 4.31 Å². The first-order chi connectivity index (χ1) is 11.4. The first-order valence-electron chi connectivity index (χ1n) is 8.48. The normalized spacial score (nSPS) is 18.3. The molecule has 0 bridgehead atoms. The van der Waals surface area contributed by atoms with Gasteiger partial charge in [-0.1, -0.05) is 32.4 Å². The maximum Gasteiger partial charge on any atom is 0.243 e. The number of sulfonamides is 1. The van der Waals surface area contributed by atoms with Gasteiger partial charge in [0.15, 0.2) is 0 Å². The van der Waals surface area contributed by atoms with Crippen molar-refractivity contribution < 1.29 is 13.2 Å². The Labute approximate surface area is 144 Å². The van der Waals surface area contributed by atoms with E-state index in [0.29, 0.717) is 24.5 Å². The second-order valence-electron chi connectivity index (χ2n) is 6.38. The molecule has 7 heteroatoms. The van der Waals surface area contributed by atoms with Crippen LogP contribution < -0.4 is 11.1 Å². The standard InChI is InChI=1S/C17H27N3O3S/c1-3-13(2)16(18)17(21)19-12-14-6-8-15(9-7-14)24(22,23)20-10-4-5-11-20/h6-9,13,16H,3-5,10-12,18H2,1-2H3,(H,19,21). The van der Waals surface area contributed by atoms with Crippen molar-refractivity contribution in [3.05, 3.63) is 29.8 Å². The molecule has 1 aromatic rings. The molecule has 1 heterocycles. The number of amides is 1. The van der Waals surface area contributed by atoms with Crippen molar-refractivity contribution >= 4 is 15.9 Å². The van der Waals surface area contributed by atoms with Gasteiger partial charge < -0.3 is 11.1 Å². The van der Waals surface area contributed by atoms with Gasteiger partial charge in [0.05, 0.1) is 10.9 Å². The van der Waals surface area contributed by atoms with Crippen LogP contribution in [0.3, 0.4) is 0 Å². The lowest BCUT2D eigenvalue weighted by molar-refractivity contribution is -0.123. The first kappa shape index (κ1) is 18.9. The van der Waals surface area contributed by atoms with Crippen LogP contribution in [0.5, 0.6) is 0 Å². The summed E-state index contributed by atoms with van der Waals surface area (Å²) < 4.78 is 26.4. The number of benzene rings is 1. The van der Waals surface area contributed by atoms with Gasteiger partial charge in [-0.15, -0.1) is 0 Å². The molecular weight excluding hydrogens is 326 g/mol. The van der Waals surface area contributed by atoms with Gasteiger partial charge in [0.1, 0.15) is 0 Å². The van der Waals surface area contributed by atoms with E-state index in [0.717, 1.165) is 24.8 Å². The Kier molecular flexibility index (Phi) is 6.37. The average Bonchev–Trinajstić information content (AvgIpc) is 3.14. The molecule has 2 rings (SSSR count). The van der Waals surface area contributed by atoms with Crippen LogP contribution in [0, 0.1) is 5.92 Å². The summed E-state index contributed by atoms with van der Waals surface area (Å²) in [5.41, 5.74) is 6.74. The zero-order chi connectivity index (χ0) is 17.7. The quantitative estimate of drug-likeness (QED) is 0.776. The van der Waals surface area contributed by atoms with E-state index in [1.807, 2.05) is 13.8 Å². The number of nitrogens with one attached hydrogen (secondary N) is 1. The minimum atomic E-state index is -3.39. The zero-order valence-corrected chi connectivity index (χ0v) is 15.2. The monoisotopic (exact) mass is 353 g/mol. The van der Waals surface area contributed by atoms with Gasteiger partial charge in [-0.25, -0.2) is 8.42 Å². The van der Waals surface area contributed by atoms with Gasteiger partial charge in [0.25, 0.3) is 0 Å². The Bertz CT molecular complexity index is 652. The highest BCUT2D eigenvalue weighted by molar-refractivity contribution is 7.89. The van der Waals surface area contributed by atoms with Crippen LogP contribution in [0.2, 0.25) is 0 Å². The zero-order valence-electron chi connectivity index (χ0n) is 14.4. The first-order valence-corrected chi connectivity index (χ1v) is 9.92. The van der Waals surface area contributed by atoms with Crippen LogP contribution in [0.25, 0.3) is 0 Å². The van der Waals surface area contributed by atoms with Crippen molar-refractivity contribution in [1.29, 1.82) is 0 Å². The third-order valence-corrected chi connectivity index (χ3v) is 6.57. The van der Waals surface area contributed by atoms with E-state index in [9.17, 15) is 13.2 Å². The molecule has 1 aliphatic heterocycles. The summed E-state index contributed by atoms with van der Waals surface area (Å²) in [6.45, 7) is 5.47. The molecule has 2 unspecified atom stereocenters. The van der Waals surface area contributed by atoms with E-state index in [2.05, 4.69) is 5.32 Å². The van der Waals surface area contributed by atoms with Crippen molar-refractivity contribution in [3.8, 4) is 0 Å². The highest BCUT2D eigenvalue weighted by atomic mass is 32.2. The molecule has 0 saturated carbocycles. The summed E-state index contributed by atoms with van der Waals surface area (Å²) in [4.78, 5) is 12.3. The van der Waals surface area contributed by atoms with Gasteiger partial charge in [-0.05, 0) is 36.5 Å². The SMILES string of the molecule is CCC(C)C(N)C(=O)NCc1ccc(S(=O)(=O)N2CCCC2)cc1. The molecule has 1 amide bonds. The van der Waals surface area contributed by atoms with Crippen LogP contribution >= 0.6 is 0 Å². The molecule has 1 saturated heterocycles. The van der Waals surface area contributed by atoms with E-state index >= 15 is 0 Å². The van der Waals surface area contributed by atoms with E-state index in [-0.39, 0.29) is 11.8 Å². The number of carbonyl (C=O) groups is 1. The molecule has 0 radical (unpaired) electrons. The molecule has 1 fully saturated rings. The van der Waals surface area contributed by atoms with Gasteiger partial charge >= 0.3 is 0 Å². The third-order valence-electron chi connectivity index (χ3n) is 4.65. The molecule has 1 aromatic carbocycles. The fourth-order valence-electron chi connectivity index (χ4n) is 2.68. The van der Waals surface area contributed by atoms with Crippen LogP contribution in [0.15, 0.2) is 29.2 Å². The predicted octanol–water partition coefficient (Wildman–Crippen LogP) is 1.46. The van der Waals surface area contributed by atoms with Gasteiger partial charge in [-0.3, -0.25) is 4.79 Å². The second kappa shape index (κ2) is 8.09. The summed E-state index contributed by atoms with van der Waals surface area (Å²) in [5.74, 6) is -0.0592. The number of nitrogens with zero attached hydrogens (tertiary/aromatic N) is 1. The number of hydrogen-bond donors (Lipinski definition) is 2. The number of rotatable bonds is 7. The highest BCUT2D eigenvalue weighted by Crippen LogP contribution is 2.21. The minimum Gasteiger partial charge on any atom is -0.351 e. The lowest BCUT2D eigenvalue weighted by Crippen LogP contribution is -2.44. The van der Waals surface area contributed by atoms with Crippen LogP contribution in [0.1, 0.15) is 38.7 Å². The maximum atomic E-state index is 12.4. The van der Waals surface area contributed by atoms with Gasteiger partial charge in [0, 0.05) is 19.6 Å². The van der Waals surface area contributed by atoms with Crippen molar-refractivity contribution in [3.63, 3.8) is 0 Å². The lowest BCUT2D eigenvalue weighted by Gasteiger charge is -2.18. The number of nitrogens with two attached hydrogens (primary N) is 1. The summed E-state index contributed by atoms with van der Waals surface area (Å²) in [6.07, 6.45) is 2.68. The Morgan fingerprint density at radius 3 is 2.38 bits per heavy atom. The molecule has 1 aliphatic rings. The molecule has 2 atom stereocenters. The molecular formula is C17H27N3O3S. The highest BCUT2D eigenvalue weighted by Gasteiger charge is 2.27. The molecule has 3 N–H and O–H groups in total. The fraction of sp³-hybridized carbons (Fsp3) is 0.588. The molecule has 134 valence electrons. The Balaban J connectivity index is 1.96. The topological polar surface area (TPSA) is 92.5 Å². The third kappa shape index (κ3) is 4.34. The second-order valence-corrected chi connectivity index (χ2v) is 8.32. The average molecular weight is 353 g/mol. The summed E-state index contributed by atoms with van der Waals surface area (Å²) >= 11 is 0. The van der Waals surface area contributed by atoms with Crippen molar-refractivity contribution in [1.82, 2.24) is 9.62 Å². The maximum absolute atomic E-state index is 12.4. The Morgan fingerprint density at radius 1 is 1.25 bits per heavy atom. The van der Waals surface area contributed by atoms with Crippen molar-refractivity contribution in [2.45, 2.75) is 50.6 Å². The van der Waals surface area contributed by atoms with Gasteiger partial charge in [0.2, 0.25) is 15.9 Å². The summed E-state index contributed by atoms with van der Waals surface area (Å²) in [5, 5.41) is 2.80. The smallest absolute Gasteiger partial charge is 0.243 e. The van der Waals surface area contributed by atoms with E-state index < -0.39 is 16.1 Å².